The van der Waals surface area contributed by atoms with E-state index in [1.54, 1.807) is 31.2 Å². The number of hydrogen-bond acceptors (Lipinski definition) is 3. The number of fused-ring (bicyclic) bond motifs is 3. The molecule has 0 aliphatic heterocycles. The topological polar surface area (TPSA) is 67.8 Å². The van der Waals surface area contributed by atoms with Gasteiger partial charge < -0.3 is 0 Å². The van der Waals surface area contributed by atoms with Crippen molar-refractivity contribution < 1.29 is 4.39 Å². The molecule has 24 heavy (non-hydrogen) atoms. The minimum atomic E-state index is -0.486. The molecule has 5 nitrogen and oxygen atoms in total. The summed E-state index contributed by atoms with van der Waals surface area (Å²) in [5.74, 6) is -0.486. The molecular formula is C18H12FN3O2. The molecule has 0 radical (unpaired) electrons. The second kappa shape index (κ2) is 5.13. The number of aromatic nitrogens is 3. The van der Waals surface area contributed by atoms with Crippen LogP contribution in [-0.4, -0.2) is 14.8 Å². The lowest BCUT2D eigenvalue weighted by Gasteiger charge is -2.10. The molecular weight excluding hydrogens is 309 g/mol. The van der Waals surface area contributed by atoms with Gasteiger partial charge in [0.1, 0.15) is 5.82 Å². The third kappa shape index (κ3) is 2.04. The first-order chi connectivity index (χ1) is 11.6. The Bertz CT molecular complexity index is 1210. The minimum absolute atomic E-state index is 0.171. The number of rotatable bonds is 1. The molecule has 0 saturated heterocycles. The van der Waals surface area contributed by atoms with Crippen molar-refractivity contribution in [2.24, 2.45) is 0 Å². The van der Waals surface area contributed by atoms with E-state index in [9.17, 15) is 14.0 Å². The van der Waals surface area contributed by atoms with Gasteiger partial charge in [-0.2, -0.15) is 0 Å². The van der Waals surface area contributed by atoms with Crippen LogP contribution in [0.3, 0.4) is 0 Å². The number of hydrogen-bond donors (Lipinski definition) is 1. The van der Waals surface area contributed by atoms with Gasteiger partial charge in [-0.15, -0.1) is 0 Å². The zero-order valence-electron chi connectivity index (χ0n) is 12.7. The van der Waals surface area contributed by atoms with E-state index in [-0.39, 0.29) is 10.8 Å². The molecule has 0 spiro atoms. The van der Waals surface area contributed by atoms with Gasteiger partial charge in [0, 0.05) is 5.39 Å². The Labute approximate surface area is 135 Å². The summed E-state index contributed by atoms with van der Waals surface area (Å²) < 4.78 is 14.9. The van der Waals surface area contributed by atoms with Crippen LogP contribution in [0.4, 0.5) is 4.39 Å². The number of nitrogens with zero attached hydrogens (tertiary/aromatic N) is 2. The normalized spacial score (nSPS) is 11.2. The number of aryl methyl sites for hydroxylation is 1. The predicted octanol–water partition coefficient (Wildman–Crippen LogP) is 2.67. The first kappa shape index (κ1) is 14.3. The first-order valence-electron chi connectivity index (χ1n) is 7.36. The van der Waals surface area contributed by atoms with Gasteiger partial charge in [0.25, 0.3) is 11.1 Å². The Kier molecular flexibility index (Phi) is 3.06. The van der Waals surface area contributed by atoms with Crippen molar-refractivity contribution in [2.75, 3.05) is 0 Å². The fourth-order valence-corrected chi connectivity index (χ4v) is 2.94. The maximum Gasteiger partial charge on any atom is 0.278 e. The Balaban J connectivity index is 2.27. The van der Waals surface area contributed by atoms with E-state index in [0.29, 0.717) is 22.3 Å². The molecule has 6 heteroatoms. The molecule has 0 saturated carbocycles. The van der Waals surface area contributed by atoms with Crippen LogP contribution in [0.15, 0.2) is 58.1 Å². The van der Waals surface area contributed by atoms with E-state index in [2.05, 4.69) is 10.1 Å². The lowest BCUT2D eigenvalue weighted by Crippen LogP contribution is -2.29. The number of H-pyrrole nitrogens is 1. The molecule has 2 aromatic heterocycles. The number of pyridine rings is 1. The zero-order chi connectivity index (χ0) is 16.8. The van der Waals surface area contributed by atoms with E-state index in [4.69, 9.17) is 0 Å². The molecule has 2 aromatic carbocycles. The number of nitrogens with one attached hydrogen (secondary N) is 1. The van der Waals surface area contributed by atoms with Crippen molar-refractivity contribution in [3.8, 4) is 5.69 Å². The van der Waals surface area contributed by atoms with Crippen LogP contribution in [0, 0.1) is 12.7 Å². The number of halogens is 1. The van der Waals surface area contributed by atoms with Gasteiger partial charge in [0.05, 0.1) is 27.7 Å². The lowest BCUT2D eigenvalue weighted by molar-refractivity contribution is 0.629. The van der Waals surface area contributed by atoms with Crippen molar-refractivity contribution in [3.05, 3.63) is 80.7 Å². The van der Waals surface area contributed by atoms with Gasteiger partial charge in [-0.25, -0.2) is 9.07 Å². The molecule has 0 unspecified atom stereocenters. The molecule has 0 aliphatic rings. The Morgan fingerprint density at radius 2 is 1.79 bits per heavy atom. The fourth-order valence-electron chi connectivity index (χ4n) is 2.94. The zero-order valence-corrected chi connectivity index (χ0v) is 12.7. The standard InChI is InChI=1S/C18H12FN3O2/c1-10-15-16(13-9-11(19)7-8-14(13)20-10)18(24)22(21-17(15)23)12-5-3-2-4-6-12/h2-9H,1H3,(H,21,23). The highest BCUT2D eigenvalue weighted by atomic mass is 19.1. The van der Waals surface area contributed by atoms with Gasteiger partial charge in [-0.3, -0.25) is 19.7 Å². The minimum Gasteiger partial charge on any atom is -0.267 e. The third-order valence-electron chi connectivity index (χ3n) is 4.00. The molecule has 0 bridgehead atoms. The summed E-state index contributed by atoms with van der Waals surface area (Å²) in [6.45, 7) is 1.66. The highest BCUT2D eigenvalue weighted by Crippen LogP contribution is 2.22. The molecule has 0 atom stereocenters. The van der Waals surface area contributed by atoms with Crippen LogP contribution >= 0.6 is 0 Å². The van der Waals surface area contributed by atoms with E-state index in [1.807, 2.05) is 6.07 Å². The SMILES string of the molecule is Cc1nc2ccc(F)cc2c2c(=O)n(-c3ccccc3)[nH]c(=O)c12. The van der Waals surface area contributed by atoms with Crippen LogP contribution in [0.1, 0.15) is 5.69 Å². The van der Waals surface area contributed by atoms with Gasteiger partial charge in [0.2, 0.25) is 0 Å². The van der Waals surface area contributed by atoms with Crippen LogP contribution in [-0.2, 0) is 0 Å². The van der Waals surface area contributed by atoms with Crippen molar-refractivity contribution in [2.45, 2.75) is 6.92 Å². The Hall–Kier alpha value is -3.28. The summed E-state index contributed by atoms with van der Waals surface area (Å²) in [6, 6.07) is 12.8. The molecule has 118 valence electrons. The highest BCUT2D eigenvalue weighted by Gasteiger charge is 2.16. The van der Waals surface area contributed by atoms with Crippen LogP contribution in [0.5, 0.6) is 0 Å². The molecule has 4 rings (SSSR count). The molecule has 1 N–H and O–H groups in total. The maximum absolute atomic E-state index is 13.7. The molecule has 0 amide bonds. The second-order valence-corrected chi connectivity index (χ2v) is 5.53. The molecule has 0 fully saturated rings. The molecule has 4 aromatic rings. The van der Waals surface area contributed by atoms with Crippen molar-refractivity contribution in [1.29, 1.82) is 0 Å². The molecule has 2 heterocycles. The highest BCUT2D eigenvalue weighted by molar-refractivity contribution is 6.05. The quantitative estimate of drug-likeness (QED) is 0.548. The van der Waals surface area contributed by atoms with E-state index >= 15 is 0 Å². The summed E-state index contributed by atoms with van der Waals surface area (Å²) in [7, 11) is 0. The predicted molar refractivity (Wildman–Crippen MR) is 90.2 cm³/mol. The number of aromatic amines is 1. The summed E-state index contributed by atoms with van der Waals surface area (Å²) in [4.78, 5) is 29.8. The van der Waals surface area contributed by atoms with Crippen LogP contribution in [0.2, 0.25) is 0 Å². The smallest absolute Gasteiger partial charge is 0.267 e. The molecule has 0 aliphatic carbocycles. The van der Waals surface area contributed by atoms with Crippen molar-refractivity contribution in [1.82, 2.24) is 14.8 Å². The maximum atomic E-state index is 13.7. The van der Waals surface area contributed by atoms with E-state index < -0.39 is 16.9 Å². The van der Waals surface area contributed by atoms with Crippen LogP contribution in [0.25, 0.3) is 27.4 Å². The number of para-hydroxylation sites is 1. The van der Waals surface area contributed by atoms with Gasteiger partial charge in [0.15, 0.2) is 0 Å². The summed E-state index contributed by atoms with van der Waals surface area (Å²) in [5, 5.41) is 3.26. The van der Waals surface area contributed by atoms with Gasteiger partial charge >= 0.3 is 0 Å². The van der Waals surface area contributed by atoms with E-state index in [1.165, 1.54) is 22.9 Å². The fraction of sp³-hybridized carbons (Fsp3) is 0.0556. The van der Waals surface area contributed by atoms with Crippen molar-refractivity contribution in [3.63, 3.8) is 0 Å². The summed E-state index contributed by atoms with van der Waals surface area (Å²) >= 11 is 0. The van der Waals surface area contributed by atoms with Crippen molar-refractivity contribution >= 4 is 21.7 Å². The monoisotopic (exact) mass is 321 g/mol. The Morgan fingerprint density at radius 1 is 1.04 bits per heavy atom. The number of benzene rings is 2. The van der Waals surface area contributed by atoms with Gasteiger partial charge in [-0.05, 0) is 37.3 Å². The largest absolute Gasteiger partial charge is 0.278 e. The summed E-state index contributed by atoms with van der Waals surface area (Å²) in [6.07, 6.45) is 0. The Morgan fingerprint density at radius 3 is 2.54 bits per heavy atom. The lowest BCUT2D eigenvalue weighted by atomic mass is 10.1. The third-order valence-corrected chi connectivity index (χ3v) is 4.00. The first-order valence-corrected chi connectivity index (χ1v) is 7.36. The average molecular weight is 321 g/mol. The average Bonchev–Trinajstić information content (AvgIpc) is 2.58. The summed E-state index contributed by atoms with van der Waals surface area (Å²) in [5.41, 5.74) is 0.577. The second-order valence-electron chi connectivity index (χ2n) is 5.53. The van der Waals surface area contributed by atoms with Crippen LogP contribution < -0.4 is 11.1 Å². The van der Waals surface area contributed by atoms with Gasteiger partial charge in [-0.1, -0.05) is 18.2 Å². The van der Waals surface area contributed by atoms with E-state index in [0.717, 1.165) is 0 Å².